The molecular formula is C17H16N4O2. The number of anilines is 1. The highest BCUT2D eigenvalue weighted by atomic mass is 16.3. The van der Waals surface area contributed by atoms with Crippen LogP contribution in [0.1, 0.15) is 21.7 Å². The Hall–Kier alpha value is -3.15. The van der Waals surface area contributed by atoms with Crippen LogP contribution in [0, 0.1) is 6.92 Å². The molecule has 3 rings (SSSR count). The lowest BCUT2D eigenvalue weighted by atomic mass is 10.2. The van der Waals surface area contributed by atoms with Gasteiger partial charge in [-0.15, -0.1) is 5.10 Å². The summed E-state index contributed by atoms with van der Waals surface area (Å²) in [4.78, 5) is 12.3. The first kappa shape index (κ1) is 14.8. The number of hydrogen-bond donors (Lipinski definition) is 2. The molecule has 1 aromatic heterocycles. The van der Waals surface area contributed by atoms with E-state index < -0.39 is 0 Å². The fourth-order valence-electron chi connectivity index (χ4n) is 2.24. The molecule has 6 nitrogen and oxygen atoms in total. The number of nitrogens with one attached hydrogen (secondary N) is 1. The average Bonchev–Trinajstić information content (AvgIpc) is 2.92. The van der Waals surface area contributed by atoms with Gasteiger partial charge in [-0.2, -0.15) is 0 Å². The van der Waals surface area contributed by atoms with Crippen molar-refractivity contribution in [2.75, 3.05) is 5.32 Å². The smallest absolute Gasteiger partial charge is 0.278 e. The molecule has 3 aromatic rings. The largest absolute Gasteiger partial charge is 0.508 e. The molecule has 0 saturated heterocycles. The predicted molar refractivity (Wildman–Crippen MR) is 86.4 cm³/mol. The van der Waals surface area contributed by atoms with Gasteiger partial charge >= 0.3 is 0 Å². The van der Waals surface area contributed by atoms with Gasteiger partial charge in [-0.3, -0.25) is 4.79 Å². The summed E-state index contributed by atoms with van der Waals surface area (Å²) in [6.45, 7) is 2.13. The molecule has 0 aliphatic rings. The zero-order chi connectivity index (χ0) is 16.2. The van der Waals surface area contributed by atoms with Gasteiger partial charge in [0.1, 0.15) is 5.75 Å². The van der Waals surface area contributed by atoms with Crippen LogP contribution >= 0.6 is 0 Å². The second-order valence-electron chi connectivity index (χ2n) is 5.13. The number of aromatic hydroxyl groups is 1. The van der Waals surface area contributed by atoms with E-state index in [-0.39, 0.29) is 17.4 Å². The van der Waals surface area contributed by atoms with Gasteiger partial charge in [0.25, 0.3) is 5.91 Å². The number of para-hydroxylation sites is 2. The molecule has 23 heavy (non-hydrogen) atoms. The number of aromatic nitrogens is 3. The van der Waals surface area contributed by atoms with E-state index in [1.54, 1.807) is 41.9 Å². The SMILES string of the molecule is Cc1c(C(=O)Nc2ccccc2)nnn1Cc1ccccc1O. The van der Waals surface area contributed by atoms with Crippen LogP contribution in [0.15, 0.2) is 54.6 Å². The highest BCUT2D eigenvalue weighted by Crippen LogP contribution is 2.18. The number of phenolic OH excluding ortho intramolecular Hbond substituents is 1. The quantitative estimate of drug-likeness (QED) is 0.776. The van der Waals surface area contributed by atoms with Crippen LogP contribution in [0.2, 0.25) is 0 Å². The Balaban J connectivity index is 1.79. The van der Waals surface area contributed by atoms with Crippen LogP contribution in [-0.4, -0.2) is 26.0 Å². The molecule has 0 fully saturated rings. The third-order valence-electron chi connectivity index (χ3n) is 3.54. The molecule has 0 saturated carbocycles. The molecule has 1 amide bonds. The van der Waals surface area contributed by atoms with Crippen LogP contribution in [-0.2, 0) is 6.54 Å². The number of benzene rings is 2. The number of nitrogens with zero attached hydrogens (tertiary/aromatic N) is 3. The van der Waals surface area contributed by atoms with E-state index in [2.05, 4.69) is 15.6 Å². The van der Waals surface area contributed by atoms with E-state index in [1.807, 2.05) is 24.3 Å². The minimum Gasteiger partial charge on any atom is -0.508 e. The lowest BCUT2D eigenvalue weighted by Gasteiger charge is -2.06. The fourth-order valence-corrected chi connectivity index (χ4v) is 2.24. The highest BCUT2D eigenvalue weighted by Gasteiger charge is 2.17. The van der Waals surface area contributed by atoms with Gasteiger partial charge in [0.05, 0.1) is 12.2 Å². The Kier molecular flexibility index (Phi) is 4.05. The molecule has 116 valence electrons. The molecule has 0 spiro atoms. The molecule has 6 heteroatoms. The van der Waals surface area contributed by atoms with Crippen molar-refractivity contribution < 1.29 is 9.90 Å². The van der Waals surface area contributed by atoms with Crippen LogP contribution in [0.3, 0.4) is 0 Å². The van der Waals surface area contributed by atoms with Crippen molar-refractivity contribution in [1.29, 1.82) is 0 Å². The molecule has 2 N–H and O–H groups in total. The van der Waals surface area contributed by atoms with Crippen LogP contribution in [0.25, 0.3) is 0 Å². The van der Waals surface area contributed by atoms with Gasteiger partial charge < -0.3 is 10.4 Å². The van der Waals surface area contributed by atoms with Gasteiger partial charge in [-0.1, -0.05) is 41.6 Å². The lowest BCUT2D eigenvalue weighted by molar-refractivity contribution is 0.102. The van der Waals surface area contributed by atoms with E-state index in [0.29, 0.717) is 17.9 Å². The summed E-state index contributed by atoms with van der Waals surface area (Å²) in [5.41, 5.74) is 2.33. The van der Waals surface area contributed by atoms with Crippen molar-refractivity contribution in [1.82, 2.24) is 15.0 Å². The molecule has 0 bridgehead atoms. The predicted octanol–water partition coefficient (Wildman–Crippen LogP) is 2.59. The van der Waals surface area contributed by atoms with E-state index >= 15 is 0 Å². The van der Waals surface area contributed by atoms with E-state index in [9.17, 15) is 9.90 Å². The second-order valence-corrected chi connectivity index (χ2v) is 5.13. The number of rotatable bonds is 4. The standard InChI is InChI=1S/C17H16N4O2/c1-12-16(17(23)18-14-8-3-2-4-9-14)19-20-21(12)11-13-7-5-6-10-15(13)22/h2-10,22H,11H2,1H3,(H,18,23). The number of amides is 1. The number of carbonyl (C=O) groups is 1. The van der Waals surface area contributed by atoms with Crippen LogP contribution < -0.4 is 5.32 Å². The average molecular weight is 308 g/mol. The van der Waals surface area contributed by atoms with Crippen LogP contribution in [0.4, 0.5) is 5.69 Å². The lowest BCUT2D eigenvalue weighted by Crippen LogP contribution is -2.14. The number of hydrogen-bond acceptors (Lipinski definition) is 4. The Bertz CT molecular complexity index is 828. The summed E-state index contributed by atoms with van der Waals surface area (Å²) in [5.74, 6) is -0.116. The maximum Gasteiger partial charge on any atom is 0.278 e. The van der Waals surface area contributed by atoms with Crippen molar-refractivity contribution in [2.24, 2.45) is 0 Å². The molecular weight excluding hydrogens is 292 g/mol. The highest BCUT2D eigenvalue weighted by molar-refractivity contribution is 6.03. The summed E-state index contributed by atoms with van der Waals surface area (Å²) in [7, 11) is 0. The van der Waals surface area contributed by atoms with Gasteiger partial charge in [-0.05, 0) is 25.1 Å². The molecule has 1 heterocycles. The van der Waals surface area contributed by atoms with Gasteiger partial charge in [0.15, 0.2) is 5.69 Å². The van der Waals surface area contributed by atoms with Gasteiger partial charge in [0, 0.05) is 11.3 Å². The zero-order valence-electron chi connectivity index (χ0n) is 12.6. The minimum absolute atomic E-state index is 0.192. The van der Waals surface area contributed by atoms with E-state index in [1.165, 1.54) is 0 Å². The van der Waals surface area contributed by atoms with Crippen molar-refractivity contribution >= 4 is 11.6 Å². The molecule has 2 aromatic carbocycles. The molecule has 0 unspecified atom stereocenters. The van der Waals surface area contributed by atoms with Gasteiger partial charge in [-0.25, -0.2) is 4.68 Å². The van der Waals surface area contributed by atoms with E-state index in [4.69, 9.17) is 0 Å². The first-order valence-electron chi connectivity index (χ1n) is 7.18. The monoisotopic (exact) mass is 308 g/mol. The summed E-state index contributed by atoms with van der Waals surface area (Å²) in [6.07, 6.45) is 0. The maximum absolute atomic E-state index is 12.3. The minimum atomic E-state index is -0.308. The summed E-state index contributed by atoms with van der Waals surface area (Å²) in [6, 6.07) is 16.2. The topological polar surface area (TPSA) is 80.0 Å². The second kappa shape index (κ2) is 6.31. The normalized spacial score (nSPS) is 10.5. The zero-order valence-corrected chi connectivity index (χ0v) is 12.6. The van der Waals surface area contributed by atoms with Crippen molar-refractivity contribution in [3.05, 3.63) is 71.5 Å². The first-order valence-corrected chi connectivity index (χ1v) is 7.18. The van der Waals surface area contributed by atoms with Crippen molar-refractivity contribution in [2.45, 2.75) is 13.5 Å². The van der Waals surface area contributed by atoms with E-state index in [0.717, 1.165) is 5.56 Å². The van der Waals surface area contributed by atoms with Crippen molar-refractivity contribution in [3.63, 3.8) is 0 Å². The molecule has 0 aliphatic heterocycles. The number of carbonyl (C=O) groups excluding carboxylic acids is 1. The third kappa shape index (κ3) is 3.21. The third-order valence-corrected chi connectivity index (χ3v) is 3.54. The van der Waals surface area contributed by atoms with Crippen LogP contribution in [0.5, 0.6) is 5.75 Å². The maximum atomic E-state index is 12.3. The Morgan fingerprint density at radius 2 is 1.83 bits per heavy atom. The molecule has 0 aliphatic carbocycles. The molecule has 0 atom stereocenters. The number of phenols is 1. The molecule has 0 radical (unpaired) electrons. The summed E-state index contributed by atoms with van der Waals surface area (Å²) < 4.78 is 1.59. The summed E-state index contributed by atoms with van der Waals surface area (Å²) >= 11 is 0. The first-order chi connectivity index (χ1) is 11.1. The van der Waals surface area contributed by atoms with Gasteiger partial charge in [0.2, 0.25) is 0 Å². The Morgan fingerprint density at radius 3 is 2.57 bits per heavy atom. The fraction of sp³-hybridized carbons (Fsp3) is 0.118. The Labute approximate surface area is 133 Å². The Morgan fingerprint density at radius 1 is 1.13 bits per heavy atom. The summed E-state index contributed by atoms with van der Waals surface area (Å²) in [5, 5.41) is 20.6. The van der Waals surface area contributed by atoms with Crippen molar-refractivity contribution in [3.8, 4) is 5.75 Å².